The Kier molecular flexibility index (Phi) is 4.57. The lowest BCUT2D eigenvalue weighted by atomic mass is 10.0. The van der Waals surface area contributed by atoms with Crippen molar-refractivity contribution < 1.29 is 19.0 Å². The normalized spacial score (nSPS) is 23.3. The standard InChI is InChI=1S/C17H20N4O4/c1-16(2)24-15-13(9-20-21-18)23-11-17(15,25-16)10-19-14(22)8-12-6-4-3-5-7-12/h3-7H,8-11H2,1-2H3,(H,19,22)/t17-/m0/s1. The highest BCUT2D eigenvalue weighted by Crippen LogP contribution is 2.45. The van der Waals surface area contributed by atoms with Gasteiger partial charge in [0.25, 0.3) is 0 Å². The van der Waals surface area contributed by atoms with Crippen LogP contribution >= 0.6 is 0 Å². The molecule has 0 unspecified atom stereocenters. The van der Waals surface area contributed by atoms with Gasteiger partial charge in [-0.2, -0.15) is 0 Å². The van der Waals surface area contributed by atoms with Crippen molar-refractivity contribution in [2.75, 3.05) is 19.7 Å². The Labute approximate surface area is 145 Å². The molecule has 8 heteroatoms. The monoisotopic (exact) mass is 344 g/mol. The third-order valence-corrected chi connectivity index (χ3v) is 3.99. The summed E-state index contributed by atoms with van der Waals surface area (Å²) in [5, 5.41) is 6.41. The predicted molar refractivity (Wildman–Crippen MR) is 89.1 cm³/mol. The Hall–Kier alpha value is -2.70. The fraction of sp³-hybridized carbons (Fsp3) is 0.471. The minimum atomic E-state index is -0.893. The summed E-state index contributed by atoms with van der Waals surface area (Å²) in [5.74, 6) is -0.0208. The van der Waals surface area contributed by atoms with Gasteiger partial charge in [0.15, 0.2) is 11.4 Å². The number of ether oxygens (including phenoxy) is 3. The maximum absolute atomic E-state index is 12.2. The number of nitrogens with zero attached hydrogens (tertiary/aromatic N) is 3. The second-order valence-corrected chi connectivity index (χ2v) is 6.47. The molecular weight excluding hydrogens is 324 g/mol. The highest BCUT2D eigenvalue weighted by atomic mass is 16.8. The number of hydrogen-bond donors (Lipinski definition) is 1. The first kappa shape index (κ1) is 17.1. The zero-order valence-corrected chi connectivity index (χ0v) is 14.2. The predicted octanol–water partition coefficient (Wildman–Crippen LogP) is 2.42. The van der Waals surface area contributed by atoms with Crippen molar-refractivity contribution in [3.8, 4) is 0 Å². The number of hydrogen-bond acceptors (Lipinski definition) is 5. The molecule has 8 nitrogen and oxygen atoms in total. The van der Waals surface area contributed by atoms with Crippen LogP contribution in [0.2, 0.25) is 0 Å². The molecule has 3 rings (SSSR count). The molecule has 1 aromatic carbocycles. The van der Waals surface area contributed by atoms with Crippen molar-refractivity contribution in [2.24, 2.45) is 5.11 Å². The fourth-order valence-electron chi connectivity index (χ4n) is 3.02. The molecule has 2 aliphatic heterocycles. The summed E-state index contributed by atoms with van der Waals surface area (Å²) in [6, 6.07) is 9.50. The van der Waals surface area contributed by atoms with Crippen LogP contribution in [-0.2, 0) is 25.4 Å². The van der Waals surface area contributed by atoms with E-state index in [0.717, 1.165) is 5.56 Å². The molecular formula is C17H20N4O4. The molecule has 25 heavy (non-hydrogen) atoms. The SMILES string of the molecule is CC1(C)OC2=C(CN=[N+]=[N-])OC[C@]2(CNC(=O)Cc2ccccc2)O1. The van der Waals surface area contributed by atoms with E-state index in [1.165, 1.54) is 0 Å². The van der Waals surface area contributed by atoms with E-state index in [0.29, 0.717) is 11.5 Å². The number of azide groups is 1. The van der Waals surface area contributed by atoms with E-state index in [4.69, 9.17) is 19.7 Å². The Balaban J connectivity index is 1.70. The first-order valence-electron chi connectivity index (χ1n) is 8.01. The zero-order chi connectivity index (χ0) is 17.9. The first-order valence-corrected chi connectivity index (χ1v) is 8.01. The van der Waals surface area contributed by atoms with E-state index in [9.17, 15) is 4.79 Å². The van der Waals surface area contributed by atoms with Gasteiger partial charge in [-0.1, -0.05) is 35.4 Å². The third-order valence-electron chi connectivity index (χ3n) is 3.99. The molecule has 2 aliphatic rings. The van der Waals surface area contributed by atoms with Crippen LogP contribution in [0, 0.1) is 0 Å². The summed E-state index contributed by atoms with van der Waals surface area (Å²) in [5.41, 5.74) is 8.54. The van der Waals surface area contributed by atoms with Crippen LogP contribution in [0.25, 0.3) is 10.4 Å². The minimum Gasteiger partial charge on any atom is -0.491 e. The molecule has 0 radical (unpaired) electrons. The average Bonchev–Trinajstić information content (AvgIpc) is 3.03. The minimum absolute atomic E-state index is 0.0466. The van der Waals surface area contributed by atoms with Gasteiger partial charge in [-0.3, -0.25) is 4.79 Å². The molecule has 1 saturated heterocycles. The lowest BCUT2D eigenvalue weighted by Crippen LogP contribution is -2.46. The van der Waals surface area contributed by atoms with Gasteiger partial charge < -0.3 is 19.5 Å². The van der Waals surface area contributed by atoms with Crippen molar-refractivity contribution in [3.63, 3.8) is 0 Å². The van der Waals surface area contributed by atoms with Gasteiger partial charge in [0.05, 0.1) is 19.5 Å². The van der Waals surface area contributed by atoms with Crippen molar-refractivity contribution in [1.82, 2.24) is 5.32 Å². The van der Waals surface area contributed by atoms with Gasteiger partial charge in [0, 0.05) is 18.8 Å². The summed E-state index contributed by atoms with van der Waals surface area (Å²) in [4.78, 5) is 15.0. The van der Waals surface area contributed by atoms with Crippen LogP contribution in [0.3, 0.4) is 0 Å². The van der Waals surface area contributed by atoms with Crippen molar-refractivity contribution in [3.05, 3.63) is 57.9 Å². The molecule has 2 heterocycles. The van der Waals surface area contributed by atoms with Crippen LogP contribution in [-0.4, -0.2) is 37.0 Å². The number of carbonyl (C=O) groups is 1. The van der Waals surface area contributed by atoms with Crippen molar-refractivity contribution in [1.29, 1.82) is 0 Å². The maximum atomic E-state index is 12.2. The number of nitrogens with one attached hydrogen (secondary N) is 1. The topological polar surface area (TPSA) is 106 Å². The Morgan fingerprint density at radius 1 is 1.36 bits per heavy atom. The van der Waals surface area contributed by atoms with E-state index in [1.807, 2.05) is 30.3 Å². The van der Waals surface area contributed by atoms with Gasteiger partial charge in [0.1, 0.15) is 12.4 Å². The molecule has 1 fully saturated rings. The smallest absolute Gasteiger partial charge is 0.224 e. The van der Waals surface area contributed by atoms with Gasteiger partial charge in [-0.15, -0.1) is 0 Å². The van der Waals surface area contributed by atoms with Crippen LogP contribution in [0.1, 0.15) is 19.4 Å². The molecule has 0 aliphatic carbocycles. The third kappa shape index (κ3) is 3.70. The summed E-state index contributed by atoms with van der Waals surface area (Å²) in [6.45, 7) is 4.05. The number of fused-ring (bicyclic) bond motifs is 1. The molecule has 132 valence electrons. The van der Waals surface area contributed by atoms with E-state index < -0.39 is 11.4 Å². The van der Waals surface area contributed by atoms with E-state index in [-0.39, 0.29) is 32.0 Å². The van der Waals surface area contributed by atoms with Gasteiger partial charge >= 0.3 is 0 Å². The average molecular weight is 344 g/mol. The van der Waals surface area contributed by atoms with Crippen LogP contribution < -0.4 is 5.32 Å². The highest BCUT2D eigenvalue weighted by Gasteiger charge is 2.56. The Morgan fingerprint density at radius 2 is 2.12 bits per heavy atom. The lowest BCUT2D eigenvalue weighted by Gasteiger charge is -2.25. The zero-order valence-electron chi connectivity index (χ0n) is 14.2. The molecule has 0 aromatic heterocycles. The quantitative estimate of drug-likeness (QED) is 0.486. The molecule has 0 saturated carbocycles. The summed E-state index contributed by atoms with van der Waals surface area (Å²) < 4.78 is 17.4. The van der Waals surface area contributed by atoms with E-state index in [1.54, 1.807) is 13.8 Å². The van der Waals surface area contributed by atoms with Crippen molar-refractivity contribution in [2.45, 2.75) is 31.7 Å². The molecule has 1 atom stereocenters. The van der Waals surface area contributed by atoms with Crippen LogP contribution in [0.4, 0.5) is 0 Å². The lowest BCUT2D eigenvalue weighted by molar-refractivity contribution is -0.171. The van der Waals surface area contributed by atoms with E-state index in [2.05, 4.69) is 15.3 Å². The molecule has 0 bridgehead atoms. The summed E-state index contributed by atoms with van der Waals surface area (Å²) in [7, 11) is 0. The molecule has 1 N–H and O–H groups in total. The number of amides is 1. The van der Waals surface area contributed by atoms with Gasteiger partial charge in [-0.05, 0) is 11.1 Å². The highest BCUT2D eigenvalue weighted by molar-refractivity contribution is 5.78. The number of rotatable bonds is 6. The van der Waals surface area contributed by atoms with Crippen LogP contribution in [0.15, 0.2) is 47.0 Å². The van der Waals surface area contributed by atoms with Crippen LogP contribution in [0.5, 0.6) is 0 Å². The summed E-state index contributed by atoms with van der Waals surface area (Å²) >= 11 is 0. The van der Waals surface area contributed by atoms with E-state index >= 15 is 0 Å². The largest absolute Gasteiger partial charge is 0.491 e. The molecule has 1 amide bonds. The van der Waals surface area contributed by atoms with Gasteiger partial charge in [-0.25, -0.2) is 0 Å². The first-order chi connectivity index (χ1) is 11.9. The van der Waals surface area contributed by atoms with Gasteiger partial charge in [0.2, 0.25) is 11.7 Å². The fourth-order valence-corrected chi connectivity index (χ4v) is 3.02. The maximum Gasteiger partial charge on any atom is 0.224 e. The summed E-state index contributed by atoms with van der Waals surface area (Å²) in [6.07, 6.45) is 0.284. The number of benzene rings is 1. The Bertz CT molecular complexity index is 740. The second-order valence-electron chi connectivity index (χ2n) is 6.47. The van der Waals surface area contributed by atoms with Crippen molar-refractivity contribution >= 4 is 5.91 Å². The second kappa shape index (κ2) is 6.66. The molecule has 1 aromatic rings. The number of carbonyl (C=O) groups excluding carboxylic acids is 1. The Morgan fingerprint density at radius 3 is 2.84 bits per heavy atom. The molecule has 0 spiro atoms.